The largest absolute Gasteiger partial charge is 0.480 e. The predicted octanol–water partition coefficient (Wildman–Crippen LogP) is 2.96. The summed E-state index contributed by atoms with van der Waals surface area (Å²) < 4.78 is 39.8. The summed E-state index contributed by atoms with van der Waals surface area (Å²) >= 11 is 0. The number of amides is 1. The quantitative estimate of drug-likeness (QED) is 0.850. The molecule has 0 aromatic heterocycles. The number of benzene rings is 1. The van der Waals surface area contributed by atoms with E-state index in [1.165, 1.54) is 4.90 Å². The molecule has 1 amide bonds. The molecule has 1 saturated carbocycles. The summed E-state index contributed by atoms with van der Waals surface area (Å²) in [7, 11) is 0. The van der Waals surface area contributed by atoms with Crippen LogP contribution in [0.4, 0.5) is 13.2 Å². The van der Waals surface area contributed by atoms with Crippen LogP contribution in [0.1, 0.15) is 42.5 Å². The van der Waals surface area contributed by atoms with Gasteiger partial charge in [0.05, 0.1) is 0 Å². The van der Waals surface area contributed by atoms with Crippen molar-refractivity contribution in [3.05, 3.63) is 35.1 Å². The molecule has 1 aliphatic carbocycles. The zero-order chi connectivity index (χ0) is 16.7. The van der Waals surface area contributed by atoms with Crippen molar-refractivity contribution in [2.45, 2.75) is 44.2 Å². The summed E-state index contributed by atoms with van der Waals surface area (Å²) in [6.07, 6.45) is 3.72. The van der Waals surface area contributed by atoms with Gasteiger partial charge in [0, 0.05) is 11.6 Å². The Balaban J connectivity index is 1.97. The van der Waals surface area contributed by atoms with Crippen molar-refractivity contribution in [2.75, 3.05) is 0 Å². The van der Waals surface area contributed by atoms with E-state index in [0.29, 0.717) is 25.0 Å². The molecule has 2 aliphatic rings. The lowest BCUT2D eigenvalue weighted by molar-refractivity contribution is -0.141. The Morgan fingerprint density at radius 1 is 1.09 bits per heavy atom. The standard InChI is InChI=1S/C16H16F3NO3/c17-10-5-9(6-11(18)14(10)19)15(21)20-12-4-2-1-3-8(12)7-13(20)16(22)23/h5-6,8,12-13H,1-4,7H2,(H,22,23)/t8-,12+,13+/m1/s1. The highest BCUT2D eigenvalue weighted by Gasteiger charge is 2.47. The summed E-state index contributed by atoms with van der Waals surface area (Å²) in [5.41, 5.74) is -0.362. The van der Waals surface area contributed by atoms with Crippen LogP contribution in [-0.2, 0) is 4.79 Å². The summed E-state index contributed by atoms with van der Waals surface area (Å²) in [5, 5.41) is 9.38. The third kappa shape index (κ3) is 2.68. The molecule has 3 rings (SSSR count). The van der Waals surface area contributed by atoms with Crippen LogP contribution < -0.4 is 0 Å². The van der Waals surface area contributed by atoms with Crippen LogP contribution in [0.5, 0.6) is 0 Å². The maximum absolute atomic E-state index is 13.4. The average Bonchev–Trinajstić information content (AvgIpc) is 2.91. The number of nitrogens with zero attached hydrogens (tertiary/aromatic N) is 1. The molecule has 1 aromatic rings. The lowest BCUT2D eigenvalue weighted by Gasteiger charge is -2.33. The van der Waals surface area contributed by atoms with Gasteiger partial charge in [-0.25, -0.2) is 18.0 Å². The van der Waals surface area contributed by atoms with E-state index in [4.69, 9.17) is 0 Å². The number of hydrogen-bond donors (Lipinski definition) is 1. The number of fused-ring (bicyclic) bond motifs is 1. The Hall–Kier alpha value is -2.05. The molecule has 3 atom stereocenters. The second-order valence-electron chi connectivity index (χ2n) is 6.17. The Kier molecular flexibility index (Phi) is 4.04. The number of rotatable bonds is 2. The van der Waals surface area contributed by atoms with Crippen molar-refractivity contribution in [2.24, 2.45) is 5.92 Å². The van der Waals surface area contributed by atoms with Gasteiger partial charge >= 0.3 is 5.97 Å². The molecule has 1 saturated heterocycles. The molecule has 1 heterocycles. The van der Waals surface area contributed by atoms with Crippen molar-refractivity contribution in [3.8, 4) is 0 Å². The highest BCUT2D eigenvalue weighted by molar-refractivity contribution is 5.97. The molecule has 0 spiro atoms. The van der Waals surface area contributed by atoms with Crippen molar-refractivity contribution in [1.29, 1.82) is 0 Å². The number of carboxylic acid groups (broad SMARTS) is 1. The molecule has 0 radical (unpaired) electrons. The summed E-state index contributed by atoms with van der Waals surface area (Å²) in [6.45, 7) is 0. The molecule has 0 unspecified atom stereocenters. The Morgan fingerprint density at radius 2 is 1.70 bits per heavy atom. The predicted molar refractivity (Wildman–Crippen MR) is 74.3 cm³/mol. The molecule has 1 aromatic carbocycles. The molecular weight excluding hydrogens is 311 g/mol. The van der Waals surface area contributed by atoms with Crippen LogP contribution in [0.3, 0.4) is 0 Å². The molecule has 124 valence electrons. The van der Waals surface area contributed by atoms with Crippen LogP contribution in [0.15, 0.2) is 12.1 Å². The minimum Gasteiger partial charge on any atom is -0.480 e. The lowest BCUT2D eigenvalue weighted by Crippen LogP contribution is -2.46. The van der Waals surface area contributed by atoms with Gasteiger partial charge in [0.2, 0.25) is 0 Å². The van der Waals surface area contributed by atoms with Crippen LogP contribution in [0, 0.1) is 23.4 Å². The number of carboxylic acids is 1. The Morgan fingerprint density at radius 3 is 2.30 bits per heavy atom. The van der Waals surface area contributed by atoms with Crippen LogP contribution in [-0.4, -0.2) is 34.0 Å². The van der Waals surface area contributed by atoms with E-state index in [-0.39, 0.29) is 17.5 Å². The molecular formula is C16H16F3NO3. The van der Waals surface area contributed by atoms with Crippen molar-refractivity contribution in [3.63, 3.8) is 0 Å². The fraction of sp³-hybridized carbons (Fsp3) is 0.500. The molecule has 1 N–H and O–H groups in total. The van der Waals surface area contributed by atoms with Gasteiger partial charge in [-0.2, -0.15) is 0 Å². The van der Waals surface area contributed by atoms with Crippen LogP contribution >= 0.6 is 0 Å². The van der Waals surface area contributed by atoms with E-state index < -0.39 is 35.4 Å². The van der Waals surface area contributed by atoms with Crippen LogP contribution in [0.2, 0.25) is 0 Å². The first-order valence-electron chi connectivity index (χ1n) is 7.60. The number of carbonyl (C=O) groups excluding carboxylic acids is 1. The third-order valence-corrected chi connectivity index (χ3v) is 4.84. The Bertz CT molecular complexity index is 641. The highest BCUT2D eigenvalue weighted by atomic mass is 19.2. The zero-order valence-electron chi connectivity index (χ0n) is 12.3. The number of aliphatic carboxylic acids is 1. The van der Waals surface area contributed by atoms with Gasteiger partial charge in [-0.3, -0.25) is 4.79 Å². The topological polar surface area (TPSA) is 57.6 Å². The van der Waals surface area contributed by atoms with Gasteiger partial charge in [0.15, 0.2) is 17.5 Å². The summed E-state index contributed by atoms with van der Waals surface area (Å²) in [4.78, 5) is 25.3. The van der Waals surface area contributed by atoms with Crippen molar-refractivity contribution >= 4 is 11.9 Å². The van der Waals surface area contributed by atoms with Gasteiger partial charge in [-0.05, 0) is 37.3 Å². The first-order chi connectivity index (χ1) is 10.9. The highest BCUT2D eigenvalue weighted by Crippen LogP contribution is 2.40. The zero-order valence-corrected chi connectivity index (χ0v) is 12.3. The first kappa shape index (κ1) is 15.8. The fourth-order valence-electron chi connectivity index (χ4n) is 3.80. The van der Waals surface area contributed by atoms with Crippen molar-refractivity contribution < 1.29 is 27.9 Å². The molecule has 23 heavy (non-hydrogen) atoms. The SMILES string of the molecule is O=C(O)[C@@H]1C[C@H]2CCCC[C@@H]2N1C(=O)c1cc(F)c(F)c(F)c1. The van der Waals surface area contributed by atoms with E-state index in [1.807, 2.05) is 0 Å². The van der Waals surface area contributed by atoms with Gasteiger partial charge in [0.25, 0.3) is 5.91 Å². The van der Waals surface area contributed by atoms with Gasteiger partial charge in [-0.1, -0.05) is 12.8 Å². The lowest BCUT2D eigenvalue weighted by atomic mass is 9.84. The van der Waals surface area contributed by atoms with Crippen LogP contribution in [0.25, 0.3) is 0 Å². The minimum atomic E-state index is -1.65. The van der Waals surface area contributed by atoms with Gasteiger partial charge in [-0.15, -0.1) is 0 Å². The van der Waals surface area contributed by atoms with Crippen molar-refractivity contribution in [1.82, 2.24) is 4.90 Å². The van der Waals surface area contributed by atoms with E-state index >= 15 is 0 Å². The average molecular weight is 327 g/mol. The molecule has 4 nitrogen and oxygen atoms in total. The number of halogens is 3. The fourth-order valence-corrected chi connectivity index (χ4v) is 3.80. The van der Waals surface area contributed by atoms with E-state index in [0.717, 1.165) is 19.3 Å². The van der Waals surface area contributed by atoms with E-state index in [1.54, 1.807) is 0 Å². The molecule has 0 bridgehead atoms. The number of carbonyl (C=O) groups is 2. The molecule has 7 heteroatoms. The number of likely N-dealkylation sites (tertiary alicyclic amines) is 1. The smallest absolute Gasteiger partial charge is 0.326 e. The van der Waals surface area contributed by atoms with E-state index in [9.17, 15) is 27.9 Å². The van der Waals surface area contributed by atoms with Gasteiger partial charge < -0.3 is 10.0 Å². The summed E-state index contributed by atoms with van der Waals surface area (Å²) in [5.74, 6) is -6.36. The maximum Gasteiger partial charge on any atom is 0.326 e. The second kappa shape index (κ2) is 5.86. The maximum atomic E-state index is 13.4. The van der Waals surface area contributed by atoms with E-state index in [2.05, 4.69) is 0 Å². The minimum absolute atomic E-state index is 0.0870. The number of hydrogen-bond acceptors (Lipinski definition) is 2. The monoisotopic (exact) mass is 327 g/mol. The third-order valence-electron chi connectivity index (χ3n) is 4.84. The van der Waals surface area contributed by atoms with Gasteiger partial charge in [0.1, 0.15) is 6.04 Å². The molecule has 1 aliphatic heterocycles. The molecule has 2 fully saturated rings. The Labute approximate surface area is 130 Å². The second-order valence-corrected chi connectivity index (χ2v) is 6.17. The first-order valence-corrected chi connectivity index (χ1v) is 7.60. The summed E-state index contributed by atoms with van der Waals surface area (Å²) in [6, 6.07) is -0.00803. The normalized spacial score (nSPS) is 26.9.